The fourth-order valence-electron chi connectivity index (χ4n) is 2.26. The number of aromatic nitrogens is 2. The Bertz CT molecular complexity index is 831. The van der Waals surface area contributed by atoms with Crippen molar-refractivity contribution in [2.24, 2.45) is 0 Å². The average Bonchev–Trinajstić information content (AvgIpc) is 3.00. The number of carbonyl (C=O) groups is 1. The lowest BCUT2D eigenvalue weighted by Crippen LogP contribution is -2.31. The van der Waals surface area contributed by atoms with Crippen LogP contribution in [0.3, 0.4) is 0 Å². The molecule has 1 heterocycles. The monoisotopic (exact) mass is 313 g/mol. The molecule has 0 spiro atoms. The zero-order valence-electron chi connectivity index (χ0n) is 12.6. The molecule has 23 heavy (non-hydrogen) atoms. The van der Waals surface area contributed by atoms with E-state index in [9.17, 15) is 9.18 Å². The third-order valence-corrected chi connectivity index (χ3v) is 3.54. The number of fused-ring (bicyclic) bond motifs is 1. The number of aromatic amines is 1. The van der Waals surface area contributed by atoms with Gasteiger partial charge in [0.25, 0.3) is 5.91 Å². The molecule has 1 N–H and O–H groups in total. The average molecular weight is 313 g/mol. The molecule has 1 amide bonds. The number of H-pyrrole nitrogens is 1. The summed E-state index contributed by atoms with van der Waals surface area (Å²) in [5.74, 6) is -0.446. The number of nitrogens with one attached hydrogen (secondary N) is 1. The zero-order valence-corrected chi connectivity index (χ0v) is 12.6. The summed E-state index contributed by atoms with van der Waals surface area (Å²) >= 11 is 0. The van der Waals surface area contributed by atoms with Crippen molar-refractivity contribution in [3.05, 3.63) is 60.0 Å². The van der Waals surface area contributed by atoms with Crippen LogP contribution in [-0.4, -0.2) is 41.2 Å². The Morgan fingerprint density at radius 3 is 2.78 bits per heavy atom. The molecule has 0 aliphatic rings. The van der Waals surface area contributed by atoms with Crippen LogP contribution in [0, 0.1) is 5.82 Å². The Morgan fingerprint density at radius 1 is 1.22 bits per heavy atom. The van der Waals surface area contributed by atoms with Gasteiger partial charge in [0, 0.05) is 12.4 Å². The number of benzene rings is 2. The second-order valence-corrected chi connectivity index (χ2v) is 5.12. The van der Waals surface area contributed by atoms with Gasteiger partial charge in [-0.15, -0.1) is 0 Å². The van der Waals surface area contributed by atoms with Crippen LogP contribution < -0.4 is 4.74 Å². The molecule has 0 saturated heterocycles. The fourth-order valence-corrected chi connectivity index (χ4v) is 2.26. The highest BCUT2D eigenvalue weighted by atomic mass is 19.1. The van der Waals surface area contributed by atoms with Crippen molar-refractivity contribution in [3.8, 4) is 5.75 Å². The smallest absolute Gasteiger partial charge is 0.274 e. The minimum atomic E-state index is -0.417. The van der Waals surface area contributed by atoms with Crippen LogP contribution in [0.15, 0.2) is 48.5 Å². The first-order valence-electron chi connectivity index (χ1n) is 7.22. The minimum absolute atomic E-state index is 0.179. The number of nitrogens with zero attached hydrogens (tertiary/aromatic N) is 2. The van der Waals surface area contributed by atoms with Gasteiger partial charge in [-0.05, 0) is 18.2 Å². The lowest BCUT2D eigenvalue weighted by atomic mass is 10.2. The molecule has 118 valence electrons. The van der Waals surface area contributed by atoms with Crippen molar-refractivity contribution in [2.75, 3.05) is 20.2 Å². The second kappa shape index (κ2) is 6.48. The summed E-state index contributed by atoms with van der Waals surface area (Å²) in [6, 6.07) is 13.6. The molecular formula is C17H16FN3O2. The van der Waals surface area contributed by atoms with Crippen LogP contribution in [0.4, 0.5) is 4.39 Å². The lowest BCUT2D eigenvalue weighted by Gasteiger charge is -2.16. The van der Waals surface area contributed by atoms with Gasteiger partial charge < -0.3 is 9.64 Å². The summed E-state index contributed by atoms with van der Waals surface area (Å²) in [7, 11) is 1.66. The minimum Gasteiger partial charge on any atom is -0.489 e. The molecule has 0 radical (unpaired) electrons. The van der Waals surface area contributed by atoms with E-state index in [1.165, 1.54) is 11.0 Å². The topological polar surface area (TPSA) is 58.2 Å². The van der Waals surface area contributed by atoms with Gasteiger partial charge >= 0.3 is 0 Å². The Hall–Kier alpha value is -2.89. The second-order valence-electron chi connectivity index (χ2n) is 5.12. The molecule has 0 aliphatic carbocycles. The van der Waals surface area contributed by atoms with Gasteiger partial charge in [0.2, 0.25) is 0 Å². The summed E-state index contributed by atoms with van der Waals surface area (Å²) in [5.41, 5.74) is 1.18. The van der Waals surface area contributed by atoms with Crippen molar-refractivity contribution in [1.82, 2.24) is 15.1 Å². The highest BCUT2D eigenvalue weighted by molar-refractivity contribution is 6.04. The standard InChI is InChI=1S/C17H16FN3O2/c1-21(10-11-23-15-9-5-3-7-13(15)18)17(22)16-12-6-2-4-8-14(12)19-20-16/h2-9H,10-11H2,1H3,(H,19,20). The van der Waals surface area contributed by atoms with Gasteiger partial charge in [0.1, 0.15) is 6.61 Å². The number of hydrogen-bond donors (Lipinski definition) is 1. The van der Waals surface area contributed by atoms with Gasteiger partial charge in [-0.3, -0.25) is 9.89 Å². The maximum absolute atomic E-state index is 13.5. The van der Waals surface area contributed by atoms with Crippen molar-refractivity contribution >= 4 is 16.8 Å². The first-order valence-corrected chi connectivity index (χ1v) is 7.22. The highest BCUT2D eigenvalue weighted by Gasteiger charge is 2.17. The van der Waals surface area contributed by atoms with E-state index in [2.05, 4.69) is 10.2 Å². The summed E-state index contributed by atoms with van der Waals surface area (Å²) in [4.78, 5) is 13.9. The van der Waals surface area contributed by atoms with Crippen LogP contribution in [0.1, 0.15) is 10.5 Å². The number of likely N-dealkylation sites (N-methyl/N-ethyl adjacent to an activating group) is 1. The molecular weight excluding hydrogens is 297 g/mol. The molecule has 3 rings (SSSR count). The highest BCUT2D eigenvalue weighted by Crippen LogP contribution is 2.17. The molecule has 3 aromatic rings. The number of ether oxygens (including phenoxy) is 1. The Morgan fingerprint density at radius 2 is 1.96 bits per heavy atom. The normalized spacial score (nSPS) is 10.7. The molecule has 0 aliphatic heterocycles. The van der Waals surface area contributed by atoms with E-state index in [-0.39, 0.29) is 18.3 Å². The third kappa shape index (κ3) is 3.15. The van der Waals surface area contributed by atoms with E-state index in [0.717, 1.165) is 10.9 Å². The summed E-state index contributed by atoms with van der Waals surface area (Å²) in [6.07, 6.45) is 0. The van der Waals surface area contributed by atoms with Crippen LogP contribution in [-0.2, 0) is 0 Å². The van der Waals surface area contributed by atoms with Gasteiger partial charge in [0.15, 0.2) is 17.3 Å². The number of amides is 1. The Kier molecular flexibility index (Phi) is 4.23. The first-order chi connectivity index (χ1) is 11.2. The van der Waals surface area contributed by atoms with E-state index >= 15 is 0 Å². The maximum Gasteiger partial charge on any atom is 0.274 e. The molecule has 0 unspecified atom stereocenters. The molecule has 5 nitrogen and oxygen atoms in total. The van der Waals surface area contributed by atoms with E-state index in [0.29, 0.717) is 12.2 Å². The maximum atomic E-state index is 13.5. The van der Waals surface area contributed by atoms with E-state index in [1.807, 2.05) is 24.3 Å². The molecule has 0 bridgehead atoms. The number of hydrogen-bond acceptors (Lipinski definition) is 3. The predicted octanol–water partition coefficient (Wildman–Crippen LogP) is 2.85. The zero-order chi connectivity index (χ0) is 16.2. The van der Waals surface area contributed by atoms with E-state index in [1.54, 1.807) is 25.2 Å². The number of rotatable bonds is 5. The summed E-state index contributed by atoms with van der Waals surface area (Å²) in [6.45, 7) is 0.528. The predicted molar refractivity (Wildman–Crippen MR) is 84.9 cm³/mol. The summed E-state index contributed by atoms with van der Waals surface area (Å²) in [5, 5.41) is 7.69. The largest absolute Gasteiger partial charge is 0.489 e. The van der Waals surface area contributed by atoms with Crippen molar-refractivity contribution in [3.63, 3.8) is 0 Å². The van der Waals surface area contributed by atoms with Crippen molar-refractivity contribution in [1.29, 1.82) is 0 Å². The quantitative estimate of drug-likeness (QED) is 0.788. The van der Waals surface area contributed by atoms with Crippen LogP contribution in [0.5, 0.6) is 5.75 Å². The van der Waals surface area contributed by atoms with Crippen LogP contribution in [0.25, 0.3) is 10.9 Å². The molecule has 1 aromatic heterocycles. The van der Waals surface area contributed by atoms with Crippen LogP contribution in [0.2, 0.25) is 0 Å². The van der Waals surface area contributed by atoms with Crippen LogP contribution >= 0.6 is 0 Å². The van der Waals surface area contributed by atoms with E-state index < -0.39 is 5.82 Å². The molecule has 2 aromatic carbocycles. The number of halogens is 1. The fraction of sp³-hybridized carbons (Fsp3) is 0.176. The van der Waals surface area contributed by atoms with Gasteiger partial charge in [0.05, 0.1) is 12.1 Å². The molecule has 6 heteroatoms. The Labute approximate surface area is 132 Å². The van der Waals surface area contributed by atoms with Crippen molar-refractivity contribution < 1.29 is 13.9 Å². The van der Waals surface area contributed by atoms with Gasteiger partial charge in [-0.25, -0.2) is 4.39 Å². The van der Waals surface area contributed by atoms with Crippen molar-refractivity contribution in [2.45, 2.75) is 0 Å². The van der Waals surface area contributed by atoms with Gasteiger partial charge in [-0.2, -0.15) is 5.10 Å². The third-order valence-electron chi connectivity index (χ3n) is 3.54. The summed E-state index contributed by atoms with van der Waals surface area (Å²) < 4.78 is 18.8. The lowest BCUT2D eigenvalue weighted by molar-refractivity contribution is 0.0769. The molecule has 0 fully saturated rings. The Balaban J connectivity index is 1.63. The molecule has 0 atom stereocenters. The van der Waals surface area contributed by atoms with Gasteiger partial charge in [-0.1, -0.05) is 30.3 Å². The van der Waals surface area contributed by atoms with E-state index in [4.69, 9.17) is 4.74 Å². The SMILES string of the molecule is CN(CCOc1ccccc1F)C(=O)c1n[nH]c2ccccc12. The number of para-hydroxylation sites is 2. The molecule has 0 saturated carbocycles. The first kappa shape index (κ1) is 15.0. The number of carbonyl (C=O) groups excluding carboxylic acids is 1.